The van der Waals surface area contributed by atoms with Crippen LogP contribution in [0.15, 0.2) is 46.0 Å². The fraction of sp³-hybridized carbons (Fsp3) is 0.125. The Bertz CT molecular complexity index is 729. The Morgan fingerprint density at radius 3 is 2.77 bits per heavy atom. The fourth-order valence-corrected chi connectivity index (χ4v) is 2.27. The van der Waals surface area contributed by atoms with Crippen LogP contribution in [0.3, 0.4) is 0 Å². The van der Waals surface area contributed by atoms with Crippen molar-refractivity contribution < 1.29 is 14.6 Å². The van der Waals surface area contributed by atoms with E-state index in [0.29, 0.717) is 5.75 Å². The van der Waals surface area contributed by atoms with Gasteiger partial charge in [0.1, 0.15) is 11.5 Å². The molecular formula is C16H15BrN2O3. The second-order valence-electron chi connectivity index (χ2n) is 4.54. The minimum atomic E-state index is -0.478. The highest BCUT2D eigenvalue weighted by Gasteiger charge is 2.09. The van der Waals surface area contributed by atoms with E-state index in [4.69, 9.17) is 4.74 Å². The van der Waals surface area contributed by atoms with Gasteiger partial charge in [0.05, 0.1) is 18.9 Å². The molecule has 1 amide bonds. The lowest BCUT2D eigenvalue weighted by Gasteiger charge is -2.07. The number of carbonyl (C=O) groups excluding carboxylic acids is 1. The lowest BCUT2D eigenvalue weighted by Crippen LogP contribution is -2.17. The molecule has 2 aromatic rings. The number of nitrogens with one attached hydrogen (secondary N) is 1. The summed E-state index contributed by atoms with van der Waals surface area (Å²) in [5.41, 5.74) is 4.34. The average Bonchev–Trinajstić information content (AvgIpc) is 2.51. The van der Waals surface area contributed by atoms with Crippen LogP contribution in [0.1, 0.15) is 21.5 Å². The minimum absolute atomic E-state index is 0.0875. The van der Waals surface area contributed by atoms with Gasteiger partial charge in [-0.3, -0.25) is 4.79 Å². The fourth-order valence-electron chi connectivity index (χ4n) is 1.81. The van der Waals surface area contributed by atoms with Crippen LogP contribution in [0.2, 0.25) is 0 Å². The highest BCUT2D eigenvalue weighted by atomic mass is 79.9. The first-order chi connectivity index (χ1) is 10.5. The molecule has 5 nitrogen and oxygen atoms in total. The molecule has 0 saturated carbocycles. The Hall–Kier alpha value is -2.34. The molecule has 0 aromatic heterocycles. The van der Waals surface area contributed by atoms with Gasteiger partial charge in [0.15, 0.2) is 0 Å². The number of methoxy groups -OCH3 is 1. The summed E-state index contributed by atoms with van der Waals surface area (Å²) in [6, 6.07) is 9.95. The first-order valence-corrected chi connectivity index (χ1v) is 7.27. The number of benzene rings is 2. The number of hydrogen-bond donors (Lipinski definition) is 2. The molecule has 114 valence electrons. The third-order valence-electron chi connectivity index (χ3n) is 3.11. The van der Waals surface area contributed by atoms with Crippen LogP contribution in [-0.4, -0.2) is 24.3 Å². The molecule has 0 spiro atoms. The van der Waals surface area contributed by atoms with E-state index < -0.39 is 5.91 Å². The molecule has 6 heteroatoms. The molecule has 0 atom stereocenters. The van der Waals surface area contributed by atoms with E-state index in [1.165, 1.54) is 18.3 Å². The highest BCUT2D eigenvalue weighted by Crippen LogP contribution is 2.25. The van der Waals surface area contributed by atoms with E-state index in [2.05, 4.69) is 26.5 Å². The number of aromatic hydroxyl groups is 1. The van der Waals surface area contributed by atoms with Crippen LogP contribution >= 0.6 is 15.9 Å². The summed E-state index contributed by atoms with van der Waals surface area (Å²) in [6.07, 6.45) is 1.53. The topological polar surface area (TPSA) is 70.9 Å². The lowest BCUT2D eigenvalue weighted by atomic mass is 10.1. The smallest absolute Gasteiger partial charge is 0.275 e. The summed E-state index contributed by atoms with van der Waals surface area (Å²) in [4.78, 5) is 11.9. The van der Waals surface area contributed by atoms with Gasteiger partial charge in [0.2, 0.25) is 0 Å². The van der Waals surface area contributed by atoms with E-state index in [1.54, 1.807) is 19.2 Å². The molecule has 2 rings (SSSR count). The van der Waals surface area contributed by atoms with Crippen LogP contribution in [0, 0.1) is 6.92 Å². The zero-order valence-electron chi connectivity index (χ0n) is 12.1. The maximum Gasteiger partial charge on any atom is 0.275 e. The lowest BCUT2D eigenvalue weighted by molar-refractivity contribution is 0.0952. The molecule has 0 heterocycles. The highest BCUT2D eigenvalue weighted by molar-refractivity contribution is 9.10. The summed E-state index contributed by atoms with van der Waals surface area (Å²) in [6.45, 7) is 1.93. The third kappa shape index (κ3) is 3.65. The van der Waals surface area contributed by atoms with Crippen molar-refractivity contribution in [1.29, 1.82) is 0 Å². The Kier molecular flexibility index (Phi) is 5.16. The van der Waals surface area contributed by atoms with E-state index in [1.807, 2.05) is 19.1 Å². The summed E-state index contributed by atoms with van der Waals surface area (Å²) in [7, 11) is 1.58. The second kappa shape index (κ2) is 7.09. The van der Waals surface area contributed by atoms with Gasteiger partial charge in [-0.05, 0) is 36.8 Å². The Morgan fingerprint density at radius 1 is 1.36 bits per heavy atom. The van der Waals surface area contributed by atoms with Crippen LogP contribution in [0.4, 0.5) is 0 Å². The summed E-state index contributed by atoms with van der Waals surface area (Å²) in [5.74, 6) is 0.121. The van der Waals surface area contributed by atoms with E-state index in [0.717, 1.165) is 15.6 Å². The summed E-state index contributed by atoms with van der Waals surface area (Å²) < 4.78 is 6.08. The van der Waals surface area contributed by atoms with Crippen molar-refractivity contribution in [3.8, 4) is 11.5 Å². The minimum Gasteiger partial charge on any atom is -0.507 e. The molecule has 0 aliphatic carbocycles. The van der Waals surface area contributed by atoms with Crippen molar-refractivity contribution in [2.75, 3.05) is 7.11 Å². The molecule has 2 N–H and O–H groups in total. The first-order valence-electron chi connectivity index (χ1n) is 6.48. The number of ether oxygens (including phenoxy) is 1. The standard InChI is InChI=1S/C16H15BrN2O3/c1-10-11(7-12(22-2)8-14(10)17)9-18-19-16(21)13-5-3-4-6-15(13)20/h3-9,20H,1-2H3,(H,19,21)/b18-9+. The molecule has 0 saturated heterocycles. The SMILES string of the molecule is COc1cc(Br)c(C)c(/C=N/NC(=O)c2ccccc2O)c1. The molecule has 0 fully saturated rings. The van der Waals surface area contributed by atoms with Crippen molar-refractivity contribution >= 4 is 28.1 Å². The monoisotopic (exact) mass is 362 g/mol. The molecule has 0 radical (unpaired) electrons. The predicted octanol–water partition coefficient (Wildman–Crippen LogP) is 3.24. The normalized spacial score (nSPS) is 10.7. The van der Waals surface area contributed by atoms with Gasteiger partial charge < -0.3 is 9.84 Å². The quantitative estimate of drug-likeness (QED) is 0.647. The number of nitrogens with zero attached hydrogens (tertiary/aromatic N) is 1. The number of rotatable bonds is 4. The van der Waals surface area contributed by atoms with Gasteiger partial charge in [0.25, 0.3) is 5.91 Å². The number of para-hydroxylation sites is 1. The van der Waals surface area contributed by atoms with E-state index >= 15 is 0 Å². The van der Waals surface area contributed by atoms with Crippen molar-refractivity contribution in [1.82, 2.24) is 5.43 Å². The largest absolute Gasteiger partial charge is 0.507 e. The Balaban J connectivity index is 2.15. The Morgan fingerprint density at radius 2 is 2.09 bits per heavy atom. The van der Waals surface area contributed by atoms with Crippen LogP contribution in [0.5, 0.6) is 11.5 Å². The first kappa shape index (κ1) is 16.0. The molecule has 0 aliphatic heterocycles. The third-order valence-corrected chi connectivity index (χ3v) is 3.94. The molecule has 0 bridgehead atoms. The number of hydrogen-bond acceptors (Lipinski definition) is 4. The van der Waals surface area contributed by atoms with Crippen molar-refractivity contribution in [2.24, 2.45) is 5.10 Å². The zero-order valence-corrected chi connectivity index (χ0v) is 13.7. The second-order valence-corrected chi connectivity index (χ2v) is 5.39. The van der Waals surface area contributed by atoms with Crippen LogP contribution in [-0.2, 0) is 0 Å². The number of hydrazone groups is 1. The number of phenolic OH excluding ortho intramolecular Hbond substituents is 1. The van der Waals surface area contributed by atoms with Crippen LogP contribution in [0.25, 0.3) is 0 Å². The molecule has 0 unspecified atom stereocenters. The predicted molar refractivity (Wildman–Crippen MR) is 88.6 cm³/mol. The maximum atomic E-state index is 11.9. The maximum absolute atomic E-state index is 11.9. The van der Waals surface area contributed by atoms with E-state index in [-0.39, 0.29) is 11.3 Å². The summed E-state index contributed by atoms with van der Waals surface area (Å²) >= 11 is 3.44. The summed E-state index contributed by atoms with van der Waals surface area (Å²) in [5, 5.41) is 13.5. The van der Waals surface area contributed by atoms with Gasteiger partial charge >= 0.3 is 0 Å². The number of carbonyl (C=O) groups is 1. The van der Waals surface area contributed by atoms with Crippen LogP contribution < -0.4 is 10.2 Å². The zero-order chi connectivity index (χ0) is 16.1. The Labute approximate surface area is 136 Å². The molecule has 2 aromatic carbocycles. The van der Waals surface area contributed by atoms with Crippen molar-refractivity contribution in [2.45, 2.75) is 6.92 Å². The van der Waals surface area contributed by atoms with Gasteiger partial charge in [-0.25, -0.2) is 5.43 Å². The number of amides is 1. The van der Waals surface area contributed by atoms with Gasteiger partial charge in [-0.1, -0.05) is 28.1 Å². The van der Waals surface area contributed by atoms with E-state index in [9.17, 15) is 9.90 Å². The number of phenols is 1. The number of halogens is 1. The average molecular weight is 363 g/mol. The van der Waals surface area contributed by atoms with Gasteiger partial charge in [-0.2, -0.15) is 5.10 Å². The molecule has 0 aliphatic rings. The molecule has 22 heavy (non-hydrogen) atoms. The van der Waals surface area contributed by atoms with Gasteiger partial charge in [-0.15, -0.1) is 0 Å². The van der Waals surface area contributed by atoms with Crippen molar-refractivity contribution in [3.05, 3.63) is 57.6 Å². The van der Waals surface area contributed by atoms with Crippen molar-refractivity contribution in [3.63, 3.8) is 0 Å². The van der Waals surface area contributed by atoms with Gasteiger partial charge in [0, 0.05) is 10.0 Å². The molecular weight excluding hydrogens is 348 g/mol.